The Labute approximate surface area is 182 Å². The summed E-state index contributed by atoms with van der Waals surface area (Å²) in [5, 5.41) is 8.08. The number of pyridine rings is 1. The molecule has 0 aliphatic rings. The van der Waals surface area contributed by atoms with E-state index >= 15 is 0 Å². The number of benzene rings is 2. The number of carbonyl (C=O) groups is 2. The lowest BCUT2D eigenvalue weighted by atomic mass is 10.2. The van der Waals surface area contributed by atoms with Crippen molar-refractivity contribution in [3.63, 3.8) is 0 Å². The van der Waals surface area contributed by atoms with E-state index in [0.717, 1.165) is 16.3 Å². The fourth-order valence-electron chi connectivity index (χ4n) is 2.82. The number of thiazole rings is 1. The van der Waals surface area contributed by atoms with Crippen LogP contribution >= 0.6 is 11.3 Å². The molecule has 31 heavy (non-hydrogen) atoms. The lowest BCUT2D eigenvalue weighted by Gasteiger charge is -2.08. The summed E-state index contributed by atoms with van der Waals surface area (Å²) in [5.41, 5.74) is 2.85. The van der Waals surface area contributed by atoms with E-state index in [0.29, 0.717) is 22.6 Å². The van der Waals surface area contributed by atoms with Crippen molar-refractivity contribution in [1.29, 1.82) is 0 Å². The highest BCUT2D eigenvalue weighted by Gasteiger charge is 2.13. The van der Waals surface area contributed by atoms with Crippen molar-refractivity contribution >= 4 is 34.5 Å². The average Bonchev–Trinajstić information content (AvgIpc) is 3.30. The van der Waals surface area contributed by atoms with Crippen molar-refractivity contribution in [2.75, 3.05) is 17.7 Å². The van der Waals surface area contributed by atoms with E-state index in [1.54, 1.807) is 61.3 Å². The van der Waals surface area contributed by atoms with Crippen LogP contribution in [0.15, 0.2) is 78.4 Å². The molecule has 4 aromatic rings. The number of rotatable bonds is 6. The molecule has 0 fully saturated rings. The molecule has 7 nitrogen and oxygen atoms in total. The molecule has 2 aromatic carbocycles. The Kier molecular flexibility index (Phi) is 6.00. The number of methoxy groups -OCH3 is 1. The van der Waals surface area contributed by atoms with E-state index < -0.39 is 0 Å². The topological polar surface area (TPSA) is 93.2 Å². The summed E-state index contributed by atoms with van der Waals surface area (Å²) >= 11 is 1.39. The largest absolute Gasteiger partial charge is 0.497 e. The molecule has 0 bridgehead atoms. The SMILES string of the molecule is COc1ccc(-c2nc(C(=O)Nc3cccc(NC(=O)c4ccncc4)c3)cs2)cc1. The number of ether oxygens (including phenoxy) is 1. The van der Waals surface area contributed by atoms with Crippen LogP contribution in [0, 0.1) is 0 Å². The van der Waals surface area contributed by atoms with Gasteiger partial charge in [0, 0.05) is 40.3 Å². The Morgan fingerprint density at radius 3 is 2.26 bits per heavy atom. The first kappa shape index (κ1) is 20.2. The molecule has 0 spiro atoms. The van der Waals surface area contributed by atoms with E-state index in [1.165, 1.54) is 11.3 Å². The van der Waals surface area contributed by atoms with Gasteiger partial charge in [0.05, 0.1) is 7.11 Å². The van der Waals surface area contributed by atoms with Gasteiger partial charge in [-0.05, 0) is 54.6 Å². The molecular weight excluding hydrogens is 412 g/mol. The Bertz CT molecular complexity index is 1210. The lowest BCUT2D eigenvalue weighted by Crippen LogP contribution is -2.14. The van der Waals surface area contributed by atoms with E-state index in [4.69, 9.17) is 4.74 Å². The molecule has 2 heterocycles. The zero-order valence-electron chi connectivity index (χ0n) is 16.5. The third kappa shape index (κ3) is 4.93. The van der Waals surface area contributed by atoms with Crippen molar-refractivity contribution < 1.29 is 14.3 Å². The Morgan fingerprint density at radius 1 is 0.903 bits per heavy atom. The van der Waals surface area contributed by atoms with Crippen LogP contribution in [0.5, 0.6) is 5.75 Å². The van der Waals surface area contributed by atoms with Gasteiger partial charge in [0.2, 0.25) is 0 Å². The first-order valence-corrected chi connectivity index (χ1v) is 10.2. The summed E-state index contributed by atoms with van der Waals surface area (Å²) in [6.07, 6.45) is 3.11. The molecular formula is C23H18N4O3S. The number of nitrogens with zero attached hydrogens (tertiary/aromatic N) is 2. The number of hydrogen-bond acceptors (Lipinski definition) is 6. The van der Waals surface area contributed by atoms with Crippen LogP contribution in [0.4, 0.5) is 11.4 Å². The van der Waals surface area contributed by atoms with Gasteiger partial charge in [-0.25, -0.2) is 4.98 Å². The van der Waals surface area contributed by atoms with E-state index in [9.17, 15) is 9.59 Å². The van der Waals surface area contributed by atoms with Gasteiger partial charge < -0.3 is 15.4 Å². The predicted octanol–water partition coefficient (Wildman–Crippen LogP) is 4.72. The van der Waals surface area contributed by atoms with Gasteiger partial charge in [-0.15, -0.1) is 11.3 Å². The van der Waals surface area contributed by atoms with Crippen LogP contribution in [-0.2, 0) is 0 Å². The Balaban J connectivity index is 1.43. The van der Waals surface area contributed by atoms with Crippen molar-refractivity contribution in [2.45, 2.75) is 0 Å². The third-order valence-corrected chi connectivity index (χ3v) is 5.29. The maximum absolute atomic E-state index is 12.6. The van der Waals surface area contributed by atoms with Gasteiger partial charge in [-0.3, -0.25) is 14.6 Å². The average molecular weight is 430 g/mol. The molecule has 4 rings (SSSR count). The van der Waals surface area contributed by atoms with Gasteiger partial charge in [0.15, 0.2) is 0 Å². The van der Waals surface area contributed by atoms with E-state index in [1.807, 2.05) is 24.3 Å². The van der Waals surface area contributed by atoms with Crippen molar-refractivity contribution in [3.05, 3.63) is 89.7 Å². The molecule has 0 saturated heterocycles. The zero-order valence-corrected chi connectivity index (χ0v) is 17.3. The molecule has 0 aliphatic heterocycles. The number of amides is 2. The highest BCUT2D eigenvalue weighted by atomic mass is 32.1. The summed E-state index contributed by atoms with van der Waals surface area (Å²) in [6.45, 7) is 0. The highest BCUT2D eigenvalue weighted by molar-refractivity contribution is 7.13. The van der Waals surface area contributed by atoms with Crippen LogP contribution < -0.4 is 15.4 Å². The number of anilines is 2. The molecule has 0 saturated carbocycles. The smallest absolute Gasteiger partial charge is 0.275 e. The quantitative estimate of drug-likeness (QED) is 0.462. The summed E-state index contributed by atoms with van der Waals surface area (Å²) < 4.78 is 5.16. The second-order valence-corrected chi connectivity index (χ2v) is 7.35. The van der Waals surface area contributed by atoms with Gasteiger partial charge in [-0.2, -0.15) is 0 Å². The maximum atomic E-state index is 12.6. The van der Waals surface area contributed by atoms with Gasteiger partial charge in [0.1, 0.15) is 16.5 Å². The minimum absolute atomic E-state index is 0.255. The minimum Gasteiger partial charge on any atom is -0.497 e. The number of aromatic nitrogens is 2. The van der Waals surface area contributed by atoms with Gasteiger partial charge in [0.25, 0.3) is 11.8 Å². The first-order valence-electron chi connectivity index (χ1n) is 9.35. The van der Waals surface area contributed by atoms with Gasteiger partial charge >= 0.3 is 0 Å². The normalized spacial score (nSPS) is 10.4. The molecule has 2 amide bonds. The Hall–Kier alpha value is -4.04. The molecule has 154 valence electrons. The second-order valence-electron chi connectivity index (χ2n) is 6.49. The summed E-state index contributed by atoms with van der Waals surface area (Å²) in [6, 6.07) is 17.7. The fourth-order valence-corrected chi connectivity index (χ4v) is 3.63. The number of carbonyl (C=O) groups excluding carboxylic acids is 2. The number of hydrogen-bond donors (Lipinski definition) is 2. The monoisotopic (exact) mass is 430 g/mol. The van der Waals surface area contributed by atoms with E-state index in [-0.39, 0.29) is 11.8 Å². The zero-order chi connectivity index (χ0) is 21.6. The molecule has 0 radical (unpaired) electrons. The summed E-state index contributed by atoms with van der Waals surface area (Å²) in [5.74, 6) is 0.178. The molecule has 0 aliphatic carbocycles. The van der Waals surface area contributed by atoms with Crippen LogP contribution in [0.25, 0.3) is 10.6 Å². The first-order chi connectivity index (χ1) is 15.1. The second kappa shape index (κ2) is 9.19. The van der Waals surface area contributed by atoms with Crippen LogP contribution in [-0.4, -0.2) is 28.9 Å². The van der Waals surface area contributed by atoms with Crippen molar-refractivity contribution in [3.8, 4) is 16.3 Å². The van der Waals surface area contributed by atoms with Crippen molar-refractivity contribution in [1.82, 2.24) is 9.97 Å². The molecule has 2 N–H and O–H groups in total. The van der Waals surface area contributed by atoms with E-state index in [2.05, 4.69) is 20.6 Å². The molecule has 0 atom stereocenters. The number of nitrogens with one attached hydrogen (secondary N) is 2. The van der Waals surface area contributed by atoms with Crippen molar-refractivity contribution in [2.24, 2.45) is 0 Å². The maximum Gasteiger partial charge on any atom is 0.275 e. The van der Waals surface area contributed by atoms with Crippen LogP contribution in [0.1, 0.15) is 20.8 Å². The molecule has 0 unspecified atom stereocenters. The van der Waals surface area contributed by atoms with Crippen LogP contribution in [0.2, 0.25) is 0 Å². The predicted molar refractivity (Wildman–Crippen MR) is 121 cm³/mol. The molecule has 2 aromatic heterocycles. The third-order valence-electron chi connectivity index (χ3n) is 4.39. The fraction of sp³-hybridized carbons (Fsp3) is 0.0435. The van der Waals surface area contributed by atoms with Gasteiger partial charge in [-0.1, -0.05) is 6.07 Å². The minimum atomic E-state index is -0.325. The summed E-state index contributed by atoms with van der Waals surface area (Å²) in [4.78, 5) is 33.3. The lowest BCUT2D eigenvalue weighted by molar-refractivity contribution is 0.101. The molecule has 8 heteroatoms. The Morgan fingerprint density at radius 2 is 1.58 bits per heavy atom. The highest BCUT2D eigenvalue weighted by Crippen LogP contribution is 2.26. The summed E-state index contributed by atoms with van der Waals surface area (Å²) in [7, 11) is 1.61. The van der Waals surface area contributed by atoms with Crippen LogP contribution in [0.3, 0.4) is 0 Å². The standard InChI is InChI=1S/C23H18N4O3S/c1-30-19-7-5-16(6-8-19)23-27-20(14-31-23)22(29)26-18-4-2-3-17(13-18)25-21(28)15-9-11-24-12-10-15/h2-14H,1H3,(H,25,28)(H,26,29).